The third-order valence-corrected chi connectivity index (χ3v) is 6.49. The summed E-state index contributed by atoms with van der Waals surface area (Å²) in [5.74, 6) is -0.300. The molecule has 8 nitrogen and oxygen atoms in total. The van der Waals surface area contributed by atoms with Gasteiger partial charge < -0.3 is 24.6 Å². The van der Waals surface area contributed by atoms with Crippen molar-refractivity contribution in [1.82, 2.24) is 10.2 Å². The van der Waals surface area contributed by atoms with E-state index in [2.05, 4.69) is 26.6 Å². The largest absolute Gasteiger partial charge is 0.350 e. The molecule has 0 aliphatic carbocycles. The SMILES string of the molecule is CC(C)OP(=O)(CN1CC[C@H](NC(=O)Nc2ccc(Br)cc2)C1=O)OC(C)C. The number of halogens is 1. The van der Waals surface area contributed by atoms with Crippen molar-refractivity contribution in [1.29, 1.82) is 0 Å². The van der Waals surface area contributed by atoms with Crippen LogP contribution >= 0.6 is 23.5 Å². The van der Waals surface area contributed by atoms with Gasteiger partial charge in [-0.25, -0.2) is 4.79 Å². The predicted molar refractivity (Wildman–Crippen MR) is 111 cm³/mol. The summed E-state index contributed by atoms with van der Waals surface area (Å²) in [5, 5.41) is 5.35. The molecule has 3 amide bonds. The van der Waals surface area contributed by atoms with Gasteiger partial charge in [0.05, 0.1) is 12.2 Å². The minimum atomic E-state index is -3.47. The predicted octanol–water partition coefficient (Wildman–Crippen LogP) is 4.17. The van der Waals surface area contributed by atoms with E-state index in [9.17, 15) is 14.2 Å². The van der Waals surface area contributed by atoms with Crippen molar-refractivity contribution in [3.63, 3.8) is 0 Å². The number of likely N-dealkylation sites (tertiary alicyclic amines) is 1. The highest BCUT2D eigenvalue weighted by Crippen LogP contribution is 2.51. The molecule has 2 N–H and O–H groups in total. The quantitative estimate of drug-likeness (QED) is 0.549. The van der Waals surface area contributed by atoms with E-state index in [1.807, 2.05) is 0 Å². The molecule has 28 heavy (non-hydrogen) atoms. The molecule has 0 saturated carbocycles. The third kappa shape index (κ3) is 6.88. The van der Waals surface area contributed by atoms with Crippen LogP contribution in [0.2, 0.25) is 0 Å². The number of nitrogens with zero attached hydrogens (tertiary/aromatic N) is 1. The van der Waals surface area contributed by atoms with Crippen LogP contribution in [0.25, 0.3) is 0 Å². The Hall–Kier alpha value is -1.41. The monoisotopic (exact) mass is 475 g/mol. The number of urea groups is 1. The highest BCUT2D eigenvalue weighted by Gasteiger charge is 2.39. The van der Waals surface area contributed by atoms with Gasteiger partial charge in [0, 0.05) is 16.7 Å². The van der Waals surface area contributed by atoms with Gasteiger partial charge in [-0.3, -0.25) is 9.36 Å². The van der Waals surface area contributed by atoms with Gasteiger partial charge in [0.15, 0.2) is 0 Å². The van der Waals surface area contributed by atoms with Crippen molar-refractivity contribution in [2.24, 2.45) is 0 Å². The Morgan fingerprint density at radius 2 is 1.79 bits per heavy atom. The fourth-order valence-electron chi connectivity index (χ4n) is 2.81. The molecule has 1 saturated heterocycles. The summed E-state index contributed by atoms with van der Waals surface area (Å²) in [6.07, 6.45) is -0.300. The molecule has 1 atom stereocenters. The summed E-state index contributed by atoms with van der Waals surface area (Å²) in [5.41, 5.74) is 0.614. The number of hydrogen-bond donors (Lipinski definition) is 2. The zero-order valence-electron chi connectivity index (χ0n) is 16.5. The molecule has 1 aliphatic rings. The average Bonchev–Trinajstić information content (AvgIpc) is 2.88. The van der Waals surface area contributed by atoms with Gasteiger partial charge in [-0.2, -0.15) is 0 Å². The number of carbonyl (C=O) groups excluding carboxylic acids is 2. The summed E-state index contributed by atoms with van der Waals surface area (Å²) in [6, 6.07) is 5.95. The lowest BCUT2D eigenvalue weighted by atomic mass is 10.2. The summed E-state index contributed by atoms with van der Waals surface area (Å²) >= 11 is 3.33. The van der Waals surface area contributed by atoms with Gasteiger partial charge in [-0.15, -0.1) is 0 Å². The van der Waals surface area contributed by atoms with Crippen LogP contribution in [0.4, 0.5) is 10.5 Å². The highest BCUT2D eigenvalue weighted by atomic mass is 79.9. The summed E-state index contributed by atoms with van der Waals surface area (Å²) < 4.78 is 24.9. The molecule has 0 bridgehead atoms. The third-order valence-electron chi connectivity index (χ3n) is 3.79. The topological polar surface area (TPSA) is 97.0 Å². The van der Waals surface area contributed by atoms with Gasteiger partial charge in [0.25, 0.3) is 0 Å². The Morgan fingerprint density at radius 1 is 1.21 bits per heavy atom. The zero-order chi connectivity index (χ0) is 20.9. The molecule has 0 spiro atoms. The maximum absolute atomic E-state index is 13.0. The van der Waals surface area contributed by atoms with Crippen molar-refractivity contribution in [2.75, 3.05) is 18.1 Å². The molecule has 1 heterocycles. The summed E-state index contributed by atoms with van der Waals surface area (Å²) in [6.45, 7) is 7.42. The first kappa shape index (κ1) is 22.9. The number of benzene rings is 1. The van der Waals surface area contributed by atoms with Crippen LogP contribution in [-0.4, -0.2) is 47.9 Å². The second-order valence-electron chi connectivity index (χ2n) is 7.11. The molecule has 1 aromatic carbocycles. The van der Waals surface area contributed by atoms with E-state index in [-0.39, 0.29) is 24.4 Å². The van der Waals surface area contributed by atoms with E-state index in [4.69, 9.17) is 9.05 Å². The number of amides is 3. The summed E-state index contributed by atoms with van der Waals surface area (Å²) in [4.78, 5) is 26.2. The minimum Gasteiger partial charge on any atom is -0.329 e. The number of hydrogen-bond acceptors (Lipinski definition) is 5. The standard InChI is InChI=1S/C18H27BrN3O5P/c1-12(2)26-28(25,27-13(3)4)11-22-10-9-16(17(22)23)21-18(24)20-15-7-5-14(19)6-8-15/h5-8,12-13,16H,9-11H2,1-4H3,(H2,20,21,24)/t16-/m0/s1. The first-order valence-corrected chi connectivity index (χ1v) is 11.7. The molecule has 10 heteroatoms. The zero-order valence-corrected chi connectivity index (χ0v) is 19.0. The fourth-order valence-corrected chi connectivity index (χ4v) is 5.25. The molecular weight excluding hydrogens is 449 g/mol. The Balaban J connectivity index is 1.94. The first-order chi connectivity index (χ1) is 13.1. The molecule has 156 valence electrons. The molecule has 1 fully saturated rings. The van der Waals surface area contributed by atoms with Crippen molar-refractivity contribution >= 4 is 41.2 Å². The van der Waals surface area contributed by atoms with Crippen LogP contribution in [0.5, 0.6) is 0 Å². The molecule has 2 rings (SSSR count). The lowest BCUT2D eigenvalue weighted by molar-refractivity contribution is -0.128. The van der Waals surface area contributed by atoms with Crippen LogP contribution < -0.4 is 10.6 Å². The Kier molecular flexibility index (Phi) is 8.07. The summed E-state index contributed by atoms with van der Waals surface area (Å²) in [7, 11) is -3.47. The maximum atomic E-state index is 13.0. The second-order valence-corrected chi connectivity index (χ2v) is 9.95. The van der Waals surface area contributed by atoms with Gasteiger partial charge in [-0.05, 0) is 58.4 Å². The maximum Gasteiger partial charge on any atom is 0.350 e. The molecule has 0 unspecified atom stereocenters. The smallest absolute Gasteiger partial charge is 0.329 e. The van der Waals surface area contributed by atoms with Crippen molar-refractivity contribution in [2.45, 2.75) is 52.4 Å². The van der Waals surface area contributed by atoms with Crippen molar-refractivity contribution in [3.05, 3.63) is 28.7 Å². The van der Waals surface area contributed by atoms with Crippen LogP contribution in [0, 0.1) is 0 Å². The van der Waals surface area contributed by atoms with Gasteiger partial charge in [0.2, 0.25) is 5.91 Å². The number of carbonyl (C=O) groups is 2. The Labute approximate surface area is 174 Å². The first-order valence-electron chi connectivity index (χ1n) is 9.16. The second kappa shape index (κ2) is 9.87. The molecular formula is C18H27BrN3O5P. The lowest BCUT2D eigenvalue weighted by Crippen LogP contribution is -2.43. The highest BCUT2D eigenvalue weighted by molar-refractivity contribution is 9.10. The van der Waals surface area contributed by atoms with E-state index < -0.39 is 19.7 Å². The number of nitrogens with one attached hydrogen (secondary N) is 2. The average molecular weight is 476 g/mol. The Bertz CT molecular complexity index is 727. The number of anilines is 1. The lowest BCUT2D eigenvalue weighted by Gasteiger charge is -2.27. The van der Waals surface area contributed by atoms with E-state index >= 15 is 0 Å². The van der Waals surface area contributed by atoms with Gasteiger partial charge in [0.1, 0.15) is 12.3 Å². The van der Waals surface area contributed by atoms with E-state index in [1.165, 1.54) is 4.90 Å². The van der Waals surface area contributed by atoms with Crippen molar-refractivity contribution in [3.8, 4) is 0 Å². The molecule has 1 aliphatic heterocycles. The van der Waals surface area contributed by atoms with Gasteiger partial charge >= 0.3 is 13.6 Å². The fraction of sp³-hybridized carbons (Fsp3) is 0.556. The van der Waals surface area contributed by atoms with Crippen LogP contribution in [0.15, 0.2) is 28.7 Å². The Morgan fingerprint density at radius 3 is 2.32 bits per heavy atom. The minimum absolute atomic E-state index is 0.130. The molecule has 1 aromatic rings. The molecule has 0 radical (unpaired) electrons. The van der Waals surface area contributed by atoms with Crippen LogP contribution in [0.3, 0.4) is 0 Å². The normalized spacial score (nSPS) is 17.5. The number of rotatable bonds is 8. The van der Waals surface area contributed by atoms with Crippen LogP contribution in [0.1, 0.15) is 34.1 Å². The van der Waals surface area contributed by atoms with Gasteiger partial charge in [-0.1, -0.05) is 15.9 Å². The molecule has 0 aromatic heterocycles. The van der Waals surface area contributed by atoms with Crippen LogP contribution in [-0.2, 0) is 18.4 Å². The van der Waals surface area contributed by atoms with E-state index in [0.29, 0.717) is 18.7 Å². The van der Waals surface area contributed by atoms with Crippen molar-refractivity contribution < 1.29 is 23.2 Å². The van der Waals surface area contributed by atoms with E-state index in [1.54, 1.807) is 52.0 Å². The van der Waals surface area contributed by atoms with E-state index in [0.717, 1.165) is 4.47 Å².